The van der Waals surface area contributed by atoms with E-state index in [9.17, 15) is 9.18 Å². The maximum Gasteiger partial charge on any atom is 0.224 e. The minimum Gasteiger partial charge on any atom is -0.356 e. The van der Waals surface area contributed by atoms with Gasteiger partial charge in [-0.1, -0.05) is 38.3 Å². The third-order valence-corrected chi connectivity index (χ3v) is 2.63. The van der Waals surface area contributed by atoms with Crippen molar-refractivity contribution in [2.75, 3.05) is 6.54 Å². The van der Waals surface area contributed by atoms with Crippen LogP contribution >= 0.6 is 0 Å². The highest BCUT2D eigenvalue weighted by atomic mass is 19.1. The third kappa shape index (κ3) is 6.05. The zero-order chi connectivity index (χ0) is 12.5. The molecule has 0 saturated carbocycles. The average molecular weight is 237 g/mol. The fraction of sp³-hybridized carbons (Fsp3) is 0.500. The Morgan fingerprint density at radius 3 is 2.53 bits per heavy atom. The van der Waals surface area contributed by atoms with Gasteiger partial charge in [0.1, 0.15) is 5.82 Å². The lowest BCUT2D eigenvalue weighted by Crippen LogP contribution is -2.26. The van der Waals surface area contributed by atoms with Gasteiger partial charge in [0.25, 0.3) is 0 Å². The van der Waals surface area contributed by atoms with Crippen LogP contribution in [0.2, 0.25) is 0 Å². The highest BCUT2D eigenvalue weighted by Gasteiger charge is 2.02. The smallest absolute Gasteiger partial charge is 0.224 e. The first-order chi connectivity index (χ1) is 8.22. The Morgan fingerprint density at radius 1 is 1.18 bits per heavy atom. The molecular formula is C14H20FNO. The summed E-state index contributed by atoms with van der Waals surface area (Å²) in [4.78, 5) is 11.5. The predicted octanol–water partition coefficient (Wildman–Crippen LogP) is 3.06. The Balaban J connectivity index is 2.18. The topological polar surface area (TPSA) is 29.1 Å². The standard InChI is InChI=1S/C14H20FNO/c1-2-3-4-5-10-16-14(17)11-12-6-8-13(15)9-7-12/h6-9H,2-5,10-11H2,1H3,(H,16,17). The van der Waals surface area contributed by atoms with Crippen molar-refractivity contribution in [3.8, 4) is 0 Å². The van der Waals surface area contributed by atoms with E-state index in [-0.39, 0.29) is 11.7 Å². The van der Waals surface area contributed by atoms with E-state index in [2.05, 4.69) is 12.2 Å². The van der Waals surface area contributed by atoms with Crippen molar-refractivity contribution in [3.63, 3.8) is 0 Å². The minimum absolute atomic E-state index is 0.00751. The lowest BCUT2D eigenvalue weighted by Gasteiger charge is -2.05. The van der Waals surface area contributed by atoms with E-state index in [1.165, 1.54) is 25.0 Å². The third-order valence-electron chi connectivity index (χ3n) is 2.63. The van der Waals surface area contributed by atoms with Gasteiger partial charge >= 0.3 is 0 Å². The van der Waals surface area contributed by atoms with Crippen molar-refractivity contribution >= 4 is 5.91 Å². The first-order valence-corrected chi connectivity index (χ1v) is 6.23. The molecule has 0 aliphatic heterocycles. The summed E-state index contributed by atoms with van der Waals surface area (Å²) in [5.74, 6) is -0.262. The fourth-order valence-corrected chi connectivity index (χ4v) is 1.63. The summed E-state index contributed by atoms with van der Waals surface area (Å²) < 4.78 is 12.6. The van der Waals surface area contributed by atoms with Gasteiger partial charge in [-0.3, -0.25) is 4.79 Å². The second kappa shape index (κ2) is 7.82. The molecule has 1 aromatic carbocycles. The van der Waals surface area contributed by atoms with Crippen LogP contribution in [0.1, 0.15) is 38.2 Å². The first kappa shape index (κ1) is 13.7. The van der Waals surface area contributed by atoms with Gasteiger partial charge in [-0.2, -0.15) is 0 Å². The Labute approximate surface area is 102 Å². The number of benzene rings is 1. The van der Waals surface area contributed by atoms with E-state index < -0.39 is 0 Å². The molecule has 3 heteroatoms. The molecule has 1 rings (SSSR count). The summed E-state index contributed by atoms with van der Waals surface area (Å²) in [6, 6.07) is 6.05. The molecule has 17 heavy (non-hydrogen) atoms. The number of nitrogens with one attached hydrogen (secondary N) is 1. The van der Waals surface area contributed by atoms with Gasteiger partial charge in [0.05, 0.1) is 6.42 Å². The molecule has 1 amide bonds. The predicted molar refractivity (Wildman–Crippen MR) is 67.3 cm³/mol. The summed E-state index contributed by atoms with van der Waals surface area (Å²) in [5.41, 5.74) is 0.845. The highest BCUT2D eigenvalue weighted by molar-refractivity contribution is 5.78. The molecule has 0 spiro atoms. The van der Waals surface area contributed by atoms with E-state index in [0.29, 0.717) is 6.42 Å². The zero-order valence-corrected chi connectivity index (χ0v) is 10.3. The van der Waals surface area contributed by atoms with Crippen LogP contribution in [0, 0.1) is 5.82 Å². The average Bonchev–Trinajstić information content (AvgIpc) is 2.32. The second-order valence-corrected chi connectivity index (χ2v) is 4.21. The van der Waals surface area contributed by atoms with E-state index in [4.69, 9.17) is 0 Å². The largest absolute Gasteiger partial charge is 0.356 e. The second-order valence-electron chi connectivity index (χ2n) is 4.21. The van der Waals surface area contributed by atoms with E-state index in [1.54, 1.807) is 12.1 Å². The number of carbonyl (C=O) groups excluding carboxylic acids is 1. The summed E-state index contributed by atoms with van der Waals surface area (Å²) in [6.07, 6.45) is 4.93. The Morgan fingerprint density at radius 2 is 1.88 bits per heavy atom. The summed E-state index contributed by atoms with van der Waals surface area (Å²) in [6.45, 7) is 2.90. The minimum atomic E-state index is -0.270. The van der Waals surface area contributed by atoms with E-state index in [0.717, 1.165) is 24.9 Å². The molecule has 1 N–H and O–H groups in total. The van der Waals surface area contributed by atoms with E-state index in [1.807, 2.05) is 0 Å². The van der Waals surface area contributed by atoms with Crippen LogP contribution < -0.4 is 5.32 Å². The van der Waals surface area contributed by atoms with Gasteiger partial charge in [-0.05, 0) is 24.1 Å². The Hall–Kier alpha value is -1.38. The Bertz CT molecular complexity index is 335. The van der Waals surface area contributed by atoms with Gasteiger partial charge in [0.15, 0.2) is 0 Å². The van der Waals surface area contributed by atoms with Crippen molar-refractivity contribution in [1.29, 1.82) is 0 Å². The molecule has 0 bridgehead atoms. The van der Waals surface area contributed by atoms with Crippen molar-refractivity contribution in [3.05, 3.63) is 35.6 Å². The van der Waals surface area contributed by atoms with Crippen LogP contribution in [0.25, 0.3) is 0 Å². The number of halogens is 1. The number of carbonyl (C=O) groups is 1. The lowest BCUT2D eigenvalue weighted by molar-refractivity contribution is -0.120. The first-order valence-electron chi connectivity index (χ1n) is 6.23. The monoisotopic (exact) mass is 237 g/mol. The van der Waals surface area contributed by atoms with Crippen LogP contribution in [-0.4, -0.2) is 12.5 Å². The molecule has 0 fully saturated rings. The fourth-order valence-electron chi connectivity index (χ4n) is 1.63. The molecule has 0 radical (unpaired) electrons. The molecule has 0 unspecified atom stereocenters. The molecule has 0 aliphatic rings. The normalized spacial score (nSPS) is 10.2. The van der Waals surface area contributed by atoms with Crippen molar-refractivity contribution in [1.82, 2.24) is 5.32 Å². The highest BCUT2D eigenvalue weighted by Crippen LogP contribution is 2.03. The SMILES string of the molecule is CCCCCCNC(=O)Cc1ccc(F)cc1. The summed E-state index contributed by atoms with van der Waals surface area (Å²) in [5, 5.41) is 2.87. The lowest BCUT2D eigenvalue weighted by atomic mass is 10.1. The van der Waals surface area contributed by atoms with Crippen LogP contribution in [0.4, 0.5) is 4.39 Å². The van der Waals surface area contributed by atoms with Gasteiger partial charge in [-0.15, -0.1) is 0 Å². The summed E-state index contributed by atoms with van der Waals surface area (Å²) >= 11 is 0. The van der Waals surface area contributed by atoms with E-state index >= 15 is 0 Å². The van der Waals surface area contributed by atoms with Crippen LogP contribution in [-0.2, 0) is 11.2 Å². The van der Waals surface area contributed by atoms with Crippen molar-refractivity contribution < 1.29 is 9.18 Å². The van der Waals surface area contributed by atoms with Gasteiger partial charge in [-0.25, -0.2) is 4.39 Å². The number of amides is 1. The van der Waals surface area contributed by atoms with Gasteiger partial charge < -0.3 is 5.32 Å². The molecule has 94 valence electrons. The molecule has 0 atom stereocenters. The molecule has 0 aliphatic carbocycles. The number of hydrogen-bond donors (Lipinski definition) is 1. The van der Waals surface area contributed by atoms with Crippen molar-refractivity contribution in [2.45, 2.75) is 39.0 Å². The molecule has 0 saturated heterocycles. The maximum absolute atomic E-state index is 12.6. The summed E-state index contributed by atoms with van der Waals surface area (Å²) in [7, 11) is 0. The molecule has 0 aromatic heterocycles. The Kier molecular flexibility index (Phi) is 6.30. The van der Waals surface area contributed by atoms with Crippen LogP contribution in [0.15, 0.2) is 24.3 Å². The maximum atomic E-state index is 12.6. The number of unbranched alkanes of at least 4 members (excludes halogenated alkanes) is 3. The van der Waals surface area contributed by atoms with Crippen LogP contribution in [0.3, 0.4) is 0 Å². The van der Waals surface area contributed by atoms with Gasteiger partial charge in [0.2, 0.25) is 5.91 Å². The molecule has 1 aromatic rings. The van der Waals surface area contributed by atoms with Crippen LogP contribution in [0.5, 0.6) is 0 Å². The quantitative estimate of drug-likeness (QED) is 0.725. The van der Waals surface area contributed by atoms with Gasteiger partial charge in [0, 0.05) is 6.54 Å². The molecular weight excluding hydrogens is 217 g/mol. The number of rotatable bonds is 7. The molecule has 0 heterocycles. The number of hydrogen-bond acceptors (Lipinski definition) is 1. The molecule has 2 nitrogen and oxygen atoms in total. The zero-order valence-electron chi connectivity index (χ0n) is 10.3. The van der Waals surface area contributed by atoms with Crippen molar-refractivity contribution in [2.24, 2.45) is 0 Å².